The molecule has 0 aromatic carbocycles. The summed E-state index contributed by atoms with van der Waals surface area (Å²) in [5.41, 5.74) is 0. The fourth-order valence-electron chi connectivity index (χ4n) is 2.63. The van der Waals surface area contributed by atoms with E-state index >= 15 is 0 Å². The summed E-state index contributed by atoms with van der Waals surface area (Å²) in [6, 6.07) is 0.728. The third-order valence-electron chi connectivity index (χ3n) is 3.57. The molecular formula is C12H24N2O. The van der Waals surface area contributed by atoms with E-state index in [1.54, 1.807) is 0 Å². The highest BCUT2D eigenvalue weighted by Crippen LogP contribution is 2.14. The molecule has 2 saturated heterocycles. The van der Waals surface area contributed by atoms with E-state index in [9.17, 15) is 0 Å². The lowest BCUT2D eigenvalue weighted by Gasteiger charge is -2.26. The summed E-state index contributed by atoms with van der Waals surface area (Å²) < 4.78 is 5.69. The molecule has 1 unspecified atom stereocenters. The zero-order chi connectivity index (χ0) is 10.5. The van der Waals surface area contributed by atoms with Crippen LogP contribution in [-0.4, -0.2) is 49.8 Å². The average molecular weight is 212 g/mol. The van der Waals surface area contributed by atoms with E-state index in [2.05, 4.69) is 17.1 Å². The fourth-order valence-corrected chi connectivity index (χ4v) is 2.63. The van der Waals surface area contributed by atoms with E-state index in [1.165, 1.54) is 38.8 Å². The quantitative estimate of drug-likeness (QED) is 0.742. The van der Waals surface area contributed by atoms with E-state index < -0.39 is 0 Å². The van der Waals surface area contributed by atoms with Crippen LogP contribution in [0.5, 0.6) is 0 Å². The van der Waals surface area contributed by atoms with Gasteiger partial charge >= 0.3 is 0 Å². The van der Waals surface area contributed by atoms with E-state index in [0.717, 1.165) is 25.7 Å². The fraction of sp³-hybridized carbons (Fsp3) is 1.00. The summed E-state index contributed by atoms with van der Waals surface area (Å²) in [7, 11) is 0. The summed E-state index contributed by atoms with van der Waals surface area (Å²) in [6.07, 6.45) is 5.72. The molecule has 2 rings (SSSR count). The van der Waals surface area contributed by atoms with Crippen LogP contribution in [0.1, 0.15) is 32.6 Å². The molecule has 15 heavy (non-hydrogen) atoms. The lowest BCUT2D eigenvalue weighted by atomic mass is 10.2. The lowest BCUT2D eigenvalue weighted by Crippen LogP contribution is -2.41. The van der Waals surface area contributed by atoms with Crippen molar-refractivity contribution < 1.29 is 4.74 Å². The van der Waals surface area contributed by atoms with Gasteiger partial charge < -0.3 is 10.1 Å². The number of ether oxygens (including phenoxy) is 1. The number of hydrogen-bond donors (Lipinski definition) is 1. The lowest BCUT2D eigenvalue weighted by molar-refractivity contribution is 0.0722. The first-order chi connectivity index (χ1) is 7.38. The van der Waals surface area contributed by atoms with Crippen LogP contribution >= 0.6 is 0 Å². The largest absolute Gasteiger partial charge is 0.377 e. The molecule has 0 bridgehead atoms. The zero-order valence-electron chi connectivity index (χ0n) is 9.87. The Morgan fingerprint density at radius 2 is 2.20 bits per heavy atom. The highest BCUT2D eigenvalue weighted by Gasteiger charge is 2.21. The second kappa shape index (κ2) is 5.83. The molecule has 2 aliphatic heterocycles. The predicted molar refractivity (Wildman–Crippen MR) is 62.1 cm³/mol. The monoisotopic (exact) mass is 212 g/mol. The maximum absolute atomic E-state index is 5.69. The average Bonchev–Trinajstić information content (AvgIpc) is 2.89. The Labute approximate surface area is 93.2 Å². The summed E-state index contributed by atoms with van der Waals surface area (Å²) in [5, 5.41) is 3.56. The van der Waals surface area contributed by atoms with Crippen LogP contribution in [0.4, 0.5) is 0 Å². The van der Waals surface area contributed by atoms with Gasteiger partial charge in [0, 0.05) is 25.7 Å². The minimum Gasteiger partial charge on any atom is -0.377 e. The van der Waals surface area contributed by atoms with Crippen LogP contribution in [0.25, 0.3) is 0 Å². The van der Waals surface area contributed by atoms with Crippen LogP contribution in [0, 0.1) is 0 Å². The molecule has 2 atom stereocenters. The van der Waals surface area contributed by atoms with Gasteiger partial charge in [-0.05, 0) is 38.8 Å². The first kappa shape index (κ1) is 11.4. The molecule has 0 radical (unpaired) electrons. The Morgan fingerprint density at radius 1 is 1.27 bits per heavy atom. The van der Waals surface area contributed by atoms with Crippen LogP contribution in [0.3, 0.4) is 0 Å². The molecule has 88 valence electrons. The minimum absolute atomic E-state index is 0.506. The van der Waals surface area contributed by atoms with Crippen molar-refractivity contribution in [3.63, 3.8) is 0 Å². The molecule has 0 aliphatic carbocycles. The number of hydrogen-bond acceptors (Lipinski definition) is 3. The van der Waals surface area contributed by atoms with Gasteiger partial charge in [-0.25, -0.2) is 0 Å². The standard InChI is InChI=1S/C12H24N2O/c1-2-14(9-11-5-3-7-13-11)10-12-6-4-8-15-12/h11-13H,2-10H2,1H3/t11-,12?/m1/s1. The molecule has 2 heterocycles. The maximum Gasteiger partial charge on any atom is 0.0702 e. The maximum atomic E-state index is 5.69. The van der Waals surface area contributed by atoms with E-state index in [4.69, 9.17) is 4.74 Å². The number of nitrogens with zero attached hydrogens (tertiary/aromatic N) is 1. The van der Waals surface area contributed by atoms with Crippen LogP contribution in [-0.2, 0) is 4.74 Å². The van der Waals surface area contributed by atoms with E-state index in [0.29, 0.717) is 6.10 Å². The number of rotatable bonds is 5. The van der Waals surface area contributed by atoms with Gasteiger partial charge in [-0.3, -0.25) is 4.90 Å². The summed E-state index contributed by atoms with van der Waals surface area (Å²) >= 11 is 0. The van der Waals surface area contributed by atoms with Crippen molar-refractivity contribution in [2.45, 2.75) is 44.8 Å². The SMILES string of the molecule is CCN(CC1CCCO1)C[C@H]1CCCN1. The summed E-state index contributed by atoms with van der Waals surface area (Å²) in [4.78, 5) is 2.54. The molecule has 0 saturated carbocycles. The summed E-state index contributed by atoms with van der Waals surface area (Å²) in [5.74, 6) is 0. The van der Waals surface area contributed by atoms with Gasteiger partial charge in [-0.1, -0.05) is 6.92 Å². The van der Waals surface area contributed by atoms with Gasteiger partial charge in [0.25, 0.3) is 0 Å². The molecule has 2 fully saturated rings. The smallest absolute Gasteiger partial charge is 0.0702 e. The van der Waals surface area contributed by atoms with Crippen molar-refractivity contribution in [1.29, 1.82) is 0 Å². The molecule has 3 heteroatoms. The Bertz CT molecular complexity index is 156. The van der Waals surface area contributed by atoms with Gasteiger partial charge in [0.05, 0.1) is 6.10 Å². The van der Waals surface area contributed by atoms with Gasteiger partial charge in [-0.2, -0.15) is 0 Å². The van der Waals surface area contributed by atoms with Crippen LogP contribution < -0.4 is 5.32 Å². The third-order valence-corrected chi connectivity index (χ3v) is 3.57. The normalized spacial score (nSPS) is 31.6. The Hall–Kier alpha value is -0.120. The van der Waals surface area contributed by atoms with E-state index in [1.807, 2.05) is 0 Å². The number of likely N-dealkylation sites (N-methyl/N-ethyl adjacent to an activating group) is 1. The second-order valence-electron chi connectivity index (χ2n) is 4.78. The van der Waals surface area contributed by atoms with Crippen molar-refractivity contribution in [2.75, 3.05) is 32.8 Å². The molecule has 0 aromatic heterocycles. The Morgan fingerprint density at radius 3 is 2.80 bits per heavy atom. The van der Waals surface area contributed by atoms with Gasteiger partial charge in [0.15, 0.2) is 0 Å². The molecule has 0 spiro atoms. The highest BCUT2D eigenvalue weighted by molar-refractivity contribution is 4.79. The third kappa shape index (κ3) is 3.44. The molecule has 2 aliphatic rings. The molecular weight excluding hydrogens is 188 g/mol. The van der Waals surface area contributed by atoms with Gasteiger partial charge in [0.1, 0.15) is 0 Å². The highest BCUT2D eigenvalue weighted by atomic mass is 16.5. The molecule has 0 amide bonds. The summed E-state index contributed by atoms with van der Waals surface area (Å²) in [6.45, 7) is 7.93. The number of nitrogens with one attached hydrogen (secondary N) is 1. The minimum atomic E-state index is 0.506. The van der Waals surface area contributed by atoms with Crippen LogP contribution in [0.2, 0.25) is 0 Å². The predicted octanol–water partition coefficient (Wildman–Crippen LogP) is 1.24. The van der Waals surface area contributed by atoms with Crippen molar-refractivity contribution in [1.82, 2.24) is 10.2 Å². The Kier molecular flexibility index (Phi) is 4.42. The molecule has 3 nitrogen and oxygen atoms in total. The molecule has 0 aromatic rings. The second-order valence-corrected chi connectivity index (χ2v) is 4.78. The first-order valence-corrected chi connectivity index (χ1v) is 6.46. The molecule has 1 N–H and O–H groups in total. The van der Waals surface area contributed by atoms with E-state index in [-0.39, 0.29) is 0 Å². The van der Waals surface area contributed by atoms with Crippen molar-refractivity contribution in [3.8, 4) is 0 Å². The Balaban J connectivity index is 1.70. The van der Waals surface area contributed by atoms with Crippen molar-refractivity contribution in [2.24, 2.45) is 0 Å². The first-order valence-electron chi connectivity index (χ1n) is 6.46. The van der Waals surface area contributed by atoms with Crippen molar-refractivity contribution in [3.05, 3.63) is 0 Å². The van der Waals surface area contributed by atoms with Gasteiger partial charge in [-0.15, -0.1) is 0 Å². The van der Waals surface area contributed by atoms with Crippen LogP contribution in [0.15, 0.2) is 0 Å². The van der Waals surface area contributed by atoms with Crippen molar-refractivity contribution >= 4 is 0 Å². The topological polar surface area (TPSA) is 24.5 Å². The van der Waals surface area contributed by atoms with Gasteiger partial charge in [0.2, 0.25) is 0 Å². The zero-order valence-corrected chi connectivity index (χ0v) is 9.87.